The maximum atomic E-state index is 12.4. The van der Waals surface area contributed by atoms with Gasteiger partial charge in [-0.15, -0.1) is 0 Å². The van der Waals surface area contributed by atoms with Crippen molar-refractivity contribution in [1.82, 2.24) is 15.1 Å². The SMILES string of the molecule is O=C(CN1C(=O)CNC1=O)N1CCC[C@](CO)(CC2CC2)C1. The molecule has 7 nitrogen and oxygen atoms in total. The van der Waals surface area contributed by atoms with Gasteiger partial charge in [-0.2, -0.15) is 0 Å². The molecule has 3 aliphatic rings. The van der Waals surface area contributed by atoms with E-state index in [4.69, 9.17) is 0 Å². The van der Waals surface area contributed by atoms with Crippen molar-refractivity contribution in [2.75, 3.05) is 32.8 Å². The molecule has 1 aliphatic carbocycles. The summed E-state index contributed by atoms with van der Waals surface area (Å²) in [7, 11) is 0. The third kappa shape index (κ3) is 3.09. The quantitative estimate of drug-likeness (QED) is 0.696. The number of hydrogen-bond donors (Lipinski definition) is 2. The fourth-order valence-corrected chi connectivity index (χ4v) is 3.57. The molecule has 0 radical (unpaired) electrons. The van der Waals surface area contributed by atoms with Gasteiger partial charge in [-0.05, 0) is 25.2 Å². The number of nitrogens with zero attached hydrogens (tertiary/aromatic N) is 2. The van der Waals surface area contributed by atoms with E-state index < -0.39 is 6.03 Å². The number of amides is 4. The Morgan fingerprint density at radius 1 is 1.36 bits per heavy atom. The number of nitrogens with one attached hydrogen (secondary N) is 1. The van der Waals surface area contributed by atoms with Crippen molar-refractivity contribution in [2.45, 2.75) is 32.1 Å². The first kappa shape index (κ1) is 15.3. The lowest BCUT2D eigenvalue weighted by Crippen LogP contribution is -2.51. The second kappa shape index (κ2) is 5.87. The van der Waals surface area contributed by atoms with Gasteiger partial charge in [0.1, 0.15) is 6.54 Å². The highest BCUT2D eigenvalue weighted by atomic mass is 16.3. The summed E-state index contributed by atoms with van der Waals surface area (Å²) in [6, 6.07) is -0.498. The van der Waals surface area contributed by atoms with Crippen molar-refractivity contribution in [1.29, 1.82) is 0 Å². The summed E-state index contributed by atoms with van der Waals surface area (Å²) in [5, 5.41) is 12.2. The molecule has 3 fully saturated rings. The standard InChI is InChI=1S/C15H23N3O4/c19-10-15(6-11-2-3-11)4-1-5-17(9-15)13(21)8-18-12(20)7-16-14(18)22/h11,19H,1-10H2,(H,16,22)/t15-/m0/s1. The Balaban J connectivity index is 1.62. The van der Waals surface area contributed by atoms with Gasteiger partial charge in [-0.3, -0.25) is 14.5 Å². The zero-order valence-electron chi connectivity index (χ0n) is 12.7. The van der Waals surface area contributed by atoms with E-state index in [-0.39, 0.29) is 36.9 Å². The first-order chi connectivity index (χ1) is 10.5. The summed E-state index contributed by atoms with van der Waals surface area (Å²) in [5.74, 6) is 0.119. The van der Waals surface area contributed by atoms with E-state index in [2.05, 4.69) is 5.32 Å². The Morgan fingerprint density at radius 3 is 2.73 bits per heavy atom. The van der Waals surface area contributed by atoms with E-state index >= 15 is 0 Å². The van der Waals surface area contributed by atoms with Crippen molar-refractivity contribution < 1.29 is 19.5 Å². The van der Waals surface area contributed by atoms with Gasteiger partial charge in [-0.1, -0.05) is 12.8 Å². The molecule has 0 aromatic heterocycles. The van der Waals surface area contributed by atoms with Crippen LogP contribution in [0.15, 0.2) is 0 Å². The van der Waals surface area contributed by atoms with Crippen LogP contribution < -0.4 is 5.32 Å². The number of rotatable bonds is 5. The number of carbonyl (C=O) groups is 3. The van der Waals surface area contributed by atoms with Gasteiger partial charge in [0.25, 0.3) is 5.91 Å². The van der Waals surface area contributed by atoms with Gasteiger partial charge in [-0.25, -0.2) is 4.79 Å². The molecule has 0 aromatic carbocycles. The van der Waals surface area contributed by atoms with Crippen molar-refractivity contribution in [3.8, 4) is 0 Å². The van der Waals surface area contributed by atoms with Gasteiger partial charge in [0.05, 0.1) is 13.2 Å². The average Bonchev–Trinajstić information content (AvgIpc) is 3.28. The molecule has 2 aliphatic heterocycles. The fraction of sp³-hybridized carbons (Fsp3) is 0.800. The largest absolute Gasteiger partial charge is 0.396 e. The van der Waals surface area contributed by atoms with Crippen LogP contribution >= 0.6 is 0 Å². The van der Waals surface area contributed by atoms with Crippen LogP contribution in [0.5, 0.6) is 0 Å². The molecule has 3 rings (SSSR count). The van der Waals surface area contributed by atoms with Crippen LogP contribution in [0.25, 0.3) is 0 Å². The Hall–Kier alpha value is -1.63. The van der Waals surface area contributed by atoms with E-state index in [0.29, 0.717) is 19.0 Å². The number of imide groups is 1. The predicted octanol–water partition coefficient (Wildman–Crippen LogP) is -0.0606. The number of urea groups is 1. The monoisotopic (exact) mass is 309 g/mol. The Kier molecular flexibility index (Phi) is 4.08. The molecule has 122 valence electrons. The molecule has 7 heteroatoms. The van der Waals surface area contributed by atoms with Crippen LogP contribution in [-0.2, 0) is 9.59 Å². The van der Waals surface area contributed by atoms with Crippen LogP contribution in [0.1, 0.15) is 32.1 Å². The smallest absolute Gasteiger partial charge is 0.325 e. The second-order valence-electron chi connectivity index (χ2n) is 6.86. The van der Waals surface area contributed by atoms with Gasteiger partial charge in [0.15, 0.2) is 0 Å². The molecule has 2 N–H and O–H groups in total. The Bertz CT molecular complexity index is 475. The predicted molar refractivity (Wildman–Crippen MR) is 77.8 cm³/mol. The molecule has 0 unspecified atom stereocenters. The number of hydrogen-bond acceptors (Lipinski definition) is 4. The summed E-state index contributed by atoms with van der Waals surface area (Å²) < 4.78 is 0. The average molecular weight is 309 g/mol. The lowest BCUT2D eigenvalue weighted by molar-refractivity contribution is -0.140. The van der Waals surface area contributed by atoms with E-state index in [0.717, 1.165) is 24.2 Å². The highest BCUT2D eigenvalue weighted by Crippen LogP contribution is 2.44. The normalized spacial score (nSPS) is 29.0. The molecule has 4 amide bonds. The molecule has 22 heavy (non-hydrogen) atoms. The Morgan fingerprint density at radius 2 is 2.14 bits per heavy atom. The molecule has 2 saturated heterocycles. The zero-order valence-corrected chi connectivity index (χ0v) is 12.7. The minimum Gasteiger partial charge on any atom is -0.396 e. The molecule has 1 saturated carbocycles. The summed E-state index contributed by atoms with van der Waals surface area (Å²) in [6.45, 7) is 1.03. The maximum absolute atomic E-state index is 12.4. The molecular formula is C15H23N3O4. The van der Waals surface area contributed by atoms with Crippen molar-refractivity contribution in [2.24, 2.45) is 11.3 Å². The van der Waals surface area contributed by atoms with Crippen LogP contribution in [0.4, 0.5) is 4.79 Å². The van der Waals surface area contributed by atoms with Crippen LogP contribution in [-0.4, -0.2) is 65.5 Å². The first-order valence-electron chi connectivity index (χ1n) is 8.00. The minimum absolute atomic E-state index is 0.0334. The second-order valence-corrected chi connectivity index (χ2v) is 6.86. The van der Waals surface area contributed by atoms with Crippen molar-refractivity contribution >= 4 is 17.8 Å². The zero-order chi connectivity index (χ0) is 15.7. The van der Waals surface area contributed by atoms with Crippen LogP contribution in [0, 0.1) is 11.3 Å². The number of carbonyl (C=O) groups excluding carboxylic acids is 3. The maximum Gasteiger partial charge on any atom is 0.325 e. The van der Waals surface area contributed by atoms with E-state index in [9.17, 15) is 19.5 Å². The number of likely N-dealkylation sites (tertiary alicyclic amines) is 1. The van der Waals surface area contributed by atoms with E-state index in [1.54, 1.807) is 4.90 Å². The topological polar surface area (TPSA) is 90.0 Å². The van der Waals surface area contributed by atoms with E-state index in [1.807, 2.05) is 0 Å². The molecular weight excluding hydrogens is 286 g/mol. The van der Waals surface area contributed by atoms with Gasteiger partial charge >= 0.3 is 6.03 Å². The third-order valence-electron chi connectivity index (χ3n) is 5.00. The van der Waals surface area contributed by atoms with Crippen molar-refractivity contribution in [3.63, 3.8) is 0 Å². The summed E-state index contributed by atoms with van der Waals surface area (Å²) >= 11 is 0. The number of piperidine rings is 1. The fourth-order valence-electron chi connectivity index (χ4n) is 3.57. The van der Waals surface area contributed by atoms with Gasteiger partial charge in [0.2, 0.25) is 5.91 Å². The van der Waals surface area contributed by atoms with Crippen LogP contribution in [0.3, 0.4) is 0 Å². The number of aliphatic hydroxyl groups excluding tert-OH is 1. The summed E-state index contributed by atoms with van der Waals surface area (Å²) in [5.41, 5.74) is -0.202. The van der Waals surface area contributed by atoms with E-state index in [1.165, 1.54) is 12.8 Å². The molecule has 0 aromatic rings. The van der Waals surface area contributed by atoms with Gasteiger partial charge < -0.3 is 15.3 Å². The van der Waals surface area contributed by atoms with Crippen LogP contribution in [0.2, 0.25) is 0 Å². The Labute approximate surface area is 129 Å². The summed E-state index contributed by atoms with van der Waals surface area (Å²) in [6.07, 6.45) is 5.21. The molecule has 1 atom stereocenters. The lowest BCUT2D eigenvalue weighted by Gasteiger charge is -2.42. The third-order valence-corrected chi connectivity index (χ3v) is 5.00. The number of aliphatic hydroxyl groups is 1. The highest BCUT2D eigenvalue weighted by molar-refractivity contribution is 6.04. The van der Waals surface area contributed by atoms with Crippen molar-refractivity contribution in [3.05, 3.63) is 0 Å². The molecule has 0 bridgehead atoms. The minimum atomic E-state index is -0.498. The highest BCUT2D eigenvalue weighted by Gasteiger charge is 2.41. The lowest BCUT2D eigenvalue weighted by atomic mass is 9.76. The molecule has 2 heterocycles. The molecule has 0 spiro atoms. The summed E-state index contributed by atoms with van der Waals surface area (Å²) in [4.78, 5) is 38.2. The van der Waals surface area contributed by atoms with Gasteiger partial charge in [0, 0.05) is 18.5 Å². The first-order valence-corrected chi connectivity index (χ1v) is 8.00.